The highest BCUT2D eigenvalue weighted by atomic mass is 16.4. The van der Waals surface area contributed by atoms with Crippen LogP contribution in [0.4, 0.5) is 0 Å². The molecular weight excluding hydrogens is 266 g/mol. The Hall–Kier alpha value is -2.10. The molecule has 1 aromatic carbocycles. The van der Waals surface area contributed by atoms with Gasteiger partial charge in [0.2, 0.25) is 5.91 Å². The van der Waals surface area contributed by atoms with E-state index in [1.165, 1.54) is 0 Å². The van der Waals surface area contributed by atoms with Crippen LogP contribution in [0.15, 0.2) is 42.0 Å². The van der Waals surface area contributed by atoms with E-state index >= 15 is 0 Å². The van der Waals surface area contributed by atoms with Crippen molar-refractivity contribution in [2.75, 3.05) is 13.1 Å². The second kappa shape index (κ2) is 6.12. The third-order valence-electron chi connectivity index (χ3n) is 4.41. The highest BCUT2D eigenvalue weighted by molar-refractivity contribution is 5.93. The first kappa shape index (κ1) is 15.3. The van der Waals surface area contributed by atoms with E-state index in [1.54, 1.807) is 17.9 Å². The fourth-order valence-electron chi connectivity index (χ4n) is 2.85. The number of carbonyl (C=O) groups is 2. The Morgan fingerprint density at radius 2 is 1.76 bits per heavy atom. The Morgan fingerprint density at radius 3 is 2.24 bits per heavy atom. The van der Waals surface area contributed by atoms with Gasteiger partial charge in [-0.15, -0.1) is 0 Å². The summed E-state index contributed by atoms with van der Waals surface area (Å²) in [6, 6.07) is 9.34. The molecule has 2 rings (SSSR count). The lowest BCUT2D eigenvalue weighted by Crippen LogP contribution is -2.49. The molecule has 1 aliphatic rings. The maximum absolute atomic E-state index is 12.2. The van der Waals surface area contributed by atoms with Crippen molar-refractivity contribution in [3.8, 4) is 0 Å². The molecule has 0 saturated carbocycles. The fourth-order valence-corrected chi connectivity index (χ4v) is 2.85. The minimum Gasteiger partial charge on any atom is -0.481 e. The van der Waals surface area contributed by atoms with E-state index in [2.05, 4.69) is 0 Å². The number of carbonyl (C=O) groups excluding carboxylic acids is 1. The van der Waals surface area contributed by atoms with Crippen LogP contribution in [0.1, 0.15) is 32.3 Å². The summed E-state index contributed by atoms with van der Waals surface area (Å²) in [4.78, 5) is 25.7. The molecule has 0 aromatic heterocycles. The molecule has 1 amide bonds. The maximum Gasteiger partial charge on any atom is 0.314 e. The molecule has 21 heavy (non-hydrogen) atoms. The number of aliphatic carboxylic acids is 1. The molecule has 0 aliphatic carbocycles. The summed E-state index contributed by atoms with van der Waals surface area (Å²) < 4.78 is 0. The van der Waals surface area contributed by atoms with Crippen molar-refractivity contribution in [2.45, 2.75) is 32.1 Å². The van der Waals surface area contributed by atoms with Gasteiger partial charge in [0.25, 0.3) is 0 Å². The van der Waals surface area contributed by atoms with E-state index in [4.69, 9.17) is 0 Å². The molecule has 1 heterocycles. The minimum absolute atomic E-state index is 0.00421. The molecule has 112 valence electrons. The largest absolute Gasteiger partial charge is 0.481 e. The first-order valence-corrected chi connectivity index (χ1v) is 7.22. The molecule has 0 radical (unpaired) electrons. The summed E-state index contributed by atoms with van der Waals surface area (Å²) in [7, 11) is 0. The van der Waals surface area contributed by atoms with Crippen LogP contribution in [0.2, 0.25) is 0 Å². The van der Waals surface area contributed by atoms with E-state index in [0.29, 0.717) is 31.5 Å². The molecule has 4 nitrogen and oxygen atoms in total. The average Bonchev–Trinajstić information content (AvgIpc) is 2.54. The zero-order chi connectivity index (χ0) is 15.5. The number of carboxylic acids is 1. The molecule has 1 saturated heterocycles. The molecule has 0 bridgehead atoms. The molecular formula is C17H21NO3. The van der Waals surface area contributed by atoms with Gasteiger partial charge in [0.1, 0.15) is 0 Å². The lowest BCUT2D eigenvalue weighted by Gasteiger charge is -2.39. The monoisotopic (exact) mass is 287 g/mol. The van der Waals surface area contributed by atoms with Crippen LogP contribution in [-0.2, 0) is 15.0 Å². The molecule has 0 atom stereocenters. The van der Waals surface area contributed by atoms with Gasteiger partial charge in [-0.25, -0.2) is 0 Å². The second-order valence-electron chi connectivity index (χ2n) is 5.52. The van der Waals surface area contributed by atoms with Gasteiger partial charge in [0.15, 0.2) is 0 Å². The number of carboxylic acid groups (broad SMARTS) is 1. The zero-order valence-electron chi connectivity index (χ0n) is 12.5. The molecule has 1 N–H and O–H groups in total. The Balaban J connectivity index is 2.20. The van der Waals surface area contributed by atoms with Gasteiger partial charge in [-0.2, -0.15) is 0 Å². The molecule has 1 fully saturated rings. The molecule has 1 aliphatic heterocycles. The standard InChI is InChI=1S/C17H21NO3/c1-3-13(2)15(19)18-11-9-17(10-12-18,16(20)21)14-7-5-4-6-8-14/h3-8H,9-12H2,1-2H3,(H,20,21). The third-order valence-corrected chi connectivity index (χ3v) is 4.41. The number of likely N-dealkylation sites (tertiary alicyclic amines) is 1. The maximum atomic E-state index is 12.2. The van der Waals surface area contributed by atoms with Gasteiger partial charge >= 0.3 is 5.97 Å². The van der Waals surface area contributed by atoms with Crippen molar-refractivity contribution in [2.24, 2.45) is 0 Å². The number of amides is 1. The third kappa shape index (κ3) is 2.84. The van der Waals surface area contributed by atoms with Crippen LogP contribution in [0, 0.1) is 0 Å². The Kier molecular flexibility index (Phi) is 4.46. The van der Waals surface area contributed by atoms with Gasteiger partial charge in [-0.05, 0) is 32.3 Å². The van der Waals surface area contributed by atoms with Crippen LogP contribution in [0.5, 0.6) is 0 Å². The Bertz CT molecular complexity index is 555. The first-order chi connectivity index (χ1) is 10.0. The van der Waals surface area contributed by atoms with Gasteiger partial charge in [0, 0.05) is 18.7 Å². The Labute approximate surface area is 125 Å². The first-order valence-electron chi connectivity index (χ1n) is 7.22. The second-order valence-corrected chi connectivity index (χ2v) is 5.52. The number of hydrogen-bond acceptors (Lipinski definition) is 2. The topological polar surface area (TPSA) is 57.6 Å². The lowest BCUT2D eigenvalue weighted by molar-refractivity contribution is -0.147. The van der Waals surface area contributed by atoms with Crippen LogP contribution in [0.25, 0.3) is 0 Å². The number of piperidine rings is 1. The molecule has 1 aromatic rings. The summed E-state index contributed by atoms with van der Waals surface area (Å²) in [5.41, 5.74) is 0.659. The predicted molar refractivity (Wildman–Crippen MR) is 81.0 cm³/mol. The summed E-state index contributed by atoms with van der Waals surface area (Å²) in [5.74, 6) is -0.798. The van der Waals surface area contributed by atoms with Gasteiger partial charge in [-0.1, -0.05) is 36.4 Å². The minimum atomic E-state index is -0.873. The number of allylic oxidation sites excluding steroid dienone is 1. The quantitative estimate of drug-likeness (QED) is 0.869. The summed E-state index contributed by atoms with van der Waals surface area (Å²) in [6.07, 6.45) is 2.70. The number of nitrogens with zero attached hydrogens (tertiary/aromatic N) is 1. The van der Waals surface area contributed by atoms with Crippen molar-refractivity contribution in [3.05, 3.63) is 47.5 Å². The summed E-state index contributed by atoms with van der Waals surface area (Å²) in [5, 5.41) is 9.71. The van der Waals surface area contributed by atoms with Crippen molar-refractivity contribution in [3.63, 3.8) is 0 Å². The van der Waals surface area contributed by atoms with Gasteiger partial charge in [0.05, 0.1) is 5.41 Å². The van der Waals surface area contributed by atoms with Crippen molar-refractivity contribution < 1.29 is 14.7 Å². The molecule has 4 heteroatoms. The highest BCUT2D eigenvalue weighted by Crippen LogP contribution is 2.36. The van der Waals surface area contributed by atoms with E-state index in [0.717, 1.165) is 5.56 Å². The number of rotatable bonds is 3. The van der Waals surface area contributed by atoms with E-state index < -0.39 is 11.4 Å². The molecule has 0 unspecified atom stereocenters. The zero-order valence-corrected chi connectivity index (χ0v) is 12.5. The predicted octanol–water partition coefficient (Wildman–Crippen LogP) is 2.60. The van der Waals surface area contributed by atoms with Crippen LogP contribution < -0.4 is 0 Å². The SMILES string of the molecule is CC=C(C)C(=O)N1CCC(C(=O)O)(c2ccccc2)CC1. The summed E-state index contributed by atoms with van der Waals surface area (Å²) >= 11 is 0. The van der Waals surface area contributed by atoms with E-state index in [1.807, 2.05) is 37.3 Å². The number of benzene rings is 1. The van der Waals surface area contributed by atoms with Crippen molar-refractivity contribution >= 4 is 11.9 Å². The summed E-state index contributed by atoms with van der Waals surface area (Å²) in [6.45, 7) is 4.58. The molecule has 0 spiro atoms. The fraction of sp³-hybridized carbons (Fsp3) is 0.412. The smallest absolute Gasteiger partial charge is 0.314 e. The van der Waals surface area contributed by atoms with Crippen molar-refractivity contribution in [1.29, 1.82) is 0 Å². The van der Waals surface area contributed by atoms with Gasteiger partial charge < -0.3 is 10.0 Å². The van der Waals surface area contributed by atoms with Crippen molar-refractivity contribution in [1.82, 2.24) is 4.90 Å². The van der Waals surface area contributed by atoms with E-state index in [9.17, 15) is 14.7 Å². The lowest BCUT2D eigenvalue weighted by atomic mass is 9.73. The van der Waals surface area contributed by atoms with Crippen LogP contribution in [0.3, 0.4) is 0 Å². The van der Waals surface area contributed by atoms with Crippen LogP contribution in [-0.4, -0.2) is 35.0 Å². The Morgan fingerprint density at radius 1 is 1.19 bits per heavy atom. The highest BCUT2D eigenvalue weighted by Gasteiger charge is 2.43. The van der Waals surface area contributed by atoms with Gasteiger partial charge in [-0.3, -0.25) is 9.59 Å². The van der Waals surface area contributed by atoms with E-state index in [-0.39, 0.29) is 5.91 Å². The normalized spacial score (nSPS) is 18.4. The van der Waals surface area contributed by atoms with Crippen LogP contribution >= 0.6 is 0 Å². The number of hydrogen-bond donors (Lipinski definition) is 1. The average molecular weight is 287 g/mol.